The first-order valence-electron chi connectivity index (χ1n) is 5.83. The van der Waals surface area contributed by atoms with Crippen molar-refractivity contribution in [1.82, 2.24) is 10.2 Å². The van der Waals surface area contributed by atoms with E-state index in [0.29, 0.717) is 6.54 Å². The molecule has 1 fully saturated rings. The van der Waals surface area contributed by atoms with Crippen molar-refractivity contribution in [1.29, 1.82) is 0 Å². The lowest BCUT2D eigenvalue weighted by Crippen LogP contribution is -2.48. The van der Waals surface area contributed by atoms with Crippen molar-refractivity contribution in [2.24, 2.45) is 0 Å². The Labute approximate surface area is 101 Å². The highest BCUT2D eigenvalue weighted by molar-refractivity contribution is 5.81. The number of hydrogen-bond acceptors (Lipinski definition) is 4. The molecule has 0 aliphatic carbocycles. The molecule has 1 aliphatic heterocycles. The van der Waals surface area contributed by atoms with Crippen LogP contribution in [0.5, 0.6) is 0 Å². The maximum atomic E-state index is 11.8. The average molecular weight is 234 g/mol. The minimum atomic E-state index is 0.142. The average Bonchev–Trinajstić information content (AvgIpc) is 2.39. The van der Waals surface area contributed by atoms with Crippen molar-refractivity contribution in [3.8, 4) is 0 Å². The summed E-state index contributed by atoms with van der Waals surface area (Å²) >= 11 is 0. The van der Waals surface area contributed by atoms with Crippen LogP contribution in [0, 0.1) is 0 Å². The van der Waals surface area contributed by atoms with Crippen molar-refractivity contribution in [3.05, 3.63) is 24.3 Å². The van der Waals surface area contributed by atoms with Gasteiger partial charge in [0.1, 0.15) is 0 Å². The summed E-state index contributed by atoms with van der Waals surface area (Å²) in [6.45, 7) is 3.69. The van der Waals surface area contributed by atoms with Crippen LogP contribution in [0.2, 0.25) is 0 Å². The summed E-state index contributed by atoms with van der Waals surface area (Å²) in [6.07, 6.45) is 0. The van der Waals surface area contributed by atoms with Crippen LogP contribution >= 0.6 is 0 Å². The van der Waals surface area contributed by atoms with Crippen molar-refractivity contribution >= 4 is 17.3 Å². The molecule has 2 rings (SSSR count). The van der Waals surface area contributed by atoms with E-state index >= 15 is 0 Å². The molecule has 0 aromatic heterocycles. The fourth-order valence-electron chi connectivity index (χ4n) is 1.80. The van der Waals surface area contributed by atoms with Gasteiger partial charge in [-0.3, -0.25) is 4.79 Å². The van der Waals surface area contributed by atoms with E-state index in [1.54, 1.807) is 0 Å². The number of nitrogens with one attached hydrogen (secondary N) is 2. The number of rotatable bonds is 3. The molecule has 0 saturated carbocycles. The summed E-state index contributed by atoms with van der Waals surface area (Å²) in [6, 6.07) is 7.38. The Balaban J connectivity index is 1.81. The zero-order valence-electron chi connectivity index (χ0n) is 9.78. The van der Waals surface area contributed by atoms with Gasteiger partial charge in [-0.1, -0.05) is 0 Å². The van der Waals surface area contributed by atoms with Crippen molar-refractivity contribution in [2.45, 2.75) is 0 Å². The molecule has 0 bridgehead atoms. The number of anilines is 2. The number of carbonyl (C=O) groups is 1. The lowest BCUT2D eigenvalue weighted by Gasteiger charge is -2.27. The van der Waals surface area contributed by atoms with Crippen LogP contribution < -0.4 is 16.4 Å². The van der Waals surface area contributed by atoms with Gasteiger partial charge in [-0.15, -0.1) is 0 Å². The summed E-state index contributed by atoms with van der Waals surface area (Å²) < 4.78 is 0. The van der Waals surface area contributed by atoms with Gasteiger partial charge in [0.25, 0.3) is 0 Å². The zero-order chi connectivity index (χ0) is 12.1. The first kappa shape index (κ1) is 11.7. The maximum Gasteiger partial charge on any atom is 0.241 e. The number of nitrogen functional groups attached to an aromatic ring is 1. The highest BCUT2D eigenvalue weighted by Gasteiger charge is 2.15. The molecule has 0 atom stereocenters. The Kier molecular flexibility index (Phi) is 3.82. The van der Waals surface area contributed by atoms with Crippen molar-refractivity contribution in [3.63, 3.8) is 0 Å². The Bertz CT molecular complexity index is 371. The summed E-state index contributed by atoms with van der Waals surface area (Å²) in [5.74, 6) is 0.142. The molecule has 5 nitrogen and oxygen atoms in total. The SMILES string of the molecule is Nc1ccc(NCC(=O)N2CCNCC2)cc1. The van der Waals surface area contributed by atoms with Gasteiger partial charge in [0.15, 0.2) is 0 Å². The quantitative estimate of drug-likeness (QED) is 0.649. The number of carbonyl (C=O) groups excluding carboxylic acids is 1. The Morgan fingerprint density at radius 3 is 2.59 bits per heavy atom. The minimum Gasteiger partial charge on any atom is -0.399 e. The first-order valence-corrected chi connectivity index (χ1v) is 5.83. The second kappa shape index (κ2) is 5.54. The lowest BCUT2D eigenvalue weighted by atomic mass is 10.3. The molecule has 0 spiro atoms. The van der Waals surface area contributed by atoms with Crippen LogP contribution in [-0.4, -0.2) is 43.5 Å². The van der Waals surface area contributed by atoms with E-state index in [-0.39, 0.29) is 5.91 Å². The number of benzene rings is 1. The number of nitrogens with zero attached hydrogens (tertiary/aromatic N) is 1. The van der Waals surface area contributed by atoms with E-state index in [2.05, 4.69) is 10.6 Å². The molecule has 1 saturated heterocycles. The van der Waals surface area contributed by atoms with Crippen LogP contribution in [0.25, 0.3) is 0 Å². The molecule has 92 valence electrons. The summed E-state index contributed by atoms with van der Waals surface area (Å²) in [7, 11) is 0. The second-order valence-electron chi connectivity index (χ2n) is 4.11. The third-order valence-electron chi connectivity index (χ3n) is 2.82. The molecule has 1 amide bonds. The van der Waals surface area contributed by atoms with E-state index in [4.69, 9.17) is 5.73 Å². The van der Waals surface area contributed by atoms with Crippen LogP contribution in [0.4, 0.5) is 11.4 Å². The molecule has 1 heterocycles. The molecular weight excluding hydrogens is 216 g/mol. The van der Waals surface area contributed by atoms with E-state index in [9.17, 15) is 4.79 Å². The predicted molar refractivity (Wildman–Crippen MR) is 68.8 cm³/mol. The molecule has 4 N–H and O–H groups in total. The normalized spacial score (nSPS) is 15.6. The van der Waals surface area contributed by atoms with Gasteiger partial charge in [-0.05, 0) is 24.3 Å². The molecule has 0 radical (unpaired) electrons. The van der Waals surface area contributed by atoms with E-state index in [1.807, 2.05) is 29.2 Å². The summed E-state index contributed by atoms with van der Waals surface area (Å²) in [5, 5.41) is 6.32. The standard InChI is InChI=1S/C12H18N4O/c13-10-1-3-11(4-2-10)15-9-12(17)16-7-5-14-6-8-16/h1-4,14-15H,5-9,13H2. The van der Waals surface area contributed by atoms with Gasteiger partial charge >= 0.3 is 0 Å². The Morgan fingerprint density at radius 2 is 1.94 bits per heavy atom. The largest absolute Gasteiger partial charge is 0.399 e. The molecule has 17 heavy (non-hydrogen) atoms. The van der Waals surface area contributed by atoms with Gasteiger partial charge in [-0.25, -0.2) is 0 Å². The van der Waals surface area contributed by atoms with Crippen LogP contribution in [-0.2, 0) is 4.79 Å². The monoisotopic (exact) mass is 234 g/mol. The van der Waals surface area contributed by atoms with Gasteiger partial charge < -0.3 is 21.3 Å². The first-order chi connectivity index (χ1) is 8.25. The second-order valence-corrected chi connectivity index (χ2v) is 4.11. The van der Waals surface area contributed by atoms with E-state index in [0.717, 1.165) is 37.6 Å². The van der Waals surface area contributed by atoms with Gasteiger partial charge in [-0.2, -0.15) is 0 Å². The third-order valence-corrected chi connectivity index (χ3v) is 2.82. The lowest BCUT2D eigenvalue weighted by molar-refractivity contribution is -0.129. The van der Waals surface area contributed by atoms with Crippen LogP contribution in [0.15, 0.2) is 24.3 Å². The topological polar surface area (TPSA) is 70.4 Å². The highest BCUT2D eigenvalue weighted by Crippen LogP contribution is 2.10. The number of amides is 1. The number of hydrogen-bond donors (Lipinski definition) is 3. The molecular formula is C12H18N4O. The van der Waals surface area contributed by atoms with Gasteiger partial charge in [0.05, 0.1) is 6.54 Å². The van der Waals surface area contributed by atoms with Crippen LogP contribution in [0.3, 0.4) is 0 Å². The molecule has 1 aromatic rings. The number of piperazine rings is 1. The van der Waals surface area contributed by atoms with E-state index in [1.165, 1.54) is 0 Å². The molecule has 1 aliphatic rings. The van der Waals surface area contributed by atoms with Crippen molar-refractivity contribution < 1.29 is 4.79 Å². The molecule has 0 unspecified atom stereocenters. The van der Waals surface area contributed by atoms with E-state index < -0.39 is 0 Å². The molecule has 5 heteroatoms. The van der Waals surface area contributed by atoms with Crippen molar-refractivity contribution in [2.75, 3.05) is 43.8 Å². The summed E-state index contributed by atoms with van der Waals surface area (Å²) in [5.41, 5.74) is 7.23. The van der Waals surface area contributed by atoms with Crippen LogP contribution in [0.1, 0.15) is 0 Å². The van der Waals surface area contributed by atoms with Gasteiger partial charge in [0, 0.05) is 37.6 Å². The zero-order valence-corrected chi connectivity index (χ0v) is 9.78. The molecule has 1 aromatic carbocycles. The Hall–Kier alpha value is -1.75. The van der Waals surface area contributed by atoms with Gasteiger partial charge in [0.2, 0.25) is 5.91 Å². The highest BCUT2D eigenvalue weighted by atomic mass is 16.2. The minimum absolute atomic E-state index is 0.142. The summed E-state index contributed by atoms with van der Waals surface area (Å²) in [4.78, 5) is 13.7. The fourth-order valence-corrected chi connectivity index (χ4v) is 1.80. The third kappa shape index (κ3) is 3.35. The smallest absolute Gasteiger partial charge is 0.241 e. The Morgan fingerprint density at radius 1 is 1.29 bits per heavy atom. The number of nitrogens with two attached hydrogens (primary N) is 1. The fraction of sp³-hybridized carbons (Fsp3) is 0.417. The maximum absolute atomic E-state index is 11.8. The predicted octanol–water partition coefficient (Wildman–Crippen LogP) is 0.113.